The van der Waals surface area contributed by atoms with Crippen LogP contribution in [0, 0.1) is 5.82 Å². The third-order valence-electron chi connectivity index (χ3n) is 4.24. The summed E-state index contributed by atoms with van der Waals surface area (Å²) in [5, 5.41) is 13.1. The van der Waals surface area contributed by atoms with Crippen molar-refractivity contribution >= 4 is 49.9 Å². The number of anilines is 2. The summed E-state index contributed by atoms with van der Waals surface area (Å²) in [5.41, 5.74) is 10.8. The molecule has 6 N–H and O–H groups in total. The van der Waals surface area contributed by atoms with Crippen molar-refractivity contribution in [3.05, 3.63) is 53.9 Å². The molecule has 180 valence electrons. The summed E-state index contributed by atoms with van der Waals surface area (Å²) in [6, 6.07) is 2.85. The second-order valence-electron chi connectivity index (χ2n) is 6.74. The number of nitrogens with one attached hydrogen (secondary N) is 2. The standard InChI is InChI=1S/C18H19FN8O5S2/c19-12-7-11(34(31,32)25-16-15(17(29)30)23-9-33-16)1-2-13(12)24-14(28)8-27-6-5-26(10-27)4-3-22-18(20)21/h1-2,5-7,9-10,25H,3-4,8H2,(H5-,20,21,22,24,28,29,30). The number of sulfonamides is 1. The summed E-state index contributed by atoms with van der Waals surface area (Å²) < 4.78 is 44.8. The number of rotatable bonds is 10. The Bertz CT molecular complexity index is 1350. The second-order valence-corrected chi connectivity index (χ2v) is 9.28. The molecule has 0 atom stereocenters. The van der Waals surface area contributed by atoms with Crippen LogP contribution in [0.3, 0.4) is 0 Å². The average molecular weight is 511 g/mol. The van der Waals surface area contributed by atoms with Gasteiger partial charge in [0.1, 0.15) is 35.5 Å². The van der Waals surface area contributed by atoms with Gasteiger partial charge < -0.3 is 26.7 Å². The lowest BCUT2D eigenvalue weighted by molar-refractivity contribution is -0.683. The number of aliphatic imine (C=N–C) groups is 1. The molecular formula is C18H19FN8O5S2. The van der Waals surface area contributed by atoms with Gasteiger partial charge in [-0.25, -0.2) is 31.9 Å². The van der Waals surface area contributed by atoms with Gasteiger partial charge in [-0.05, 0) is 18.2 Å². The number of benzene rings is 1. The van der Waals surface area contributed by atoms with Crippen molar-refractivity contribution in [3.8, 4) is 0 Å². The predicted octanol–water partition coefficient (Wildman–Crippen LogP) is -1.55. The lowest BCUT2D eigenvalue weighted by Crippen LogP contribution is -2.38. The van der Waals surface area contributed by atoms with Crippen LogP contribution in [-0.4, -0.2) is 42.3 Å². The van der Waals surface area contributed by atoms with Crippen molar-refractivity contribution in [2.45, 2.75) is 18.0 Å². The molecule has 0 unspecified atom stereocenters. The third kappa shape index (κ3) is 6.26. The first-order valence-corrected chi connectivity index (χ1v) is 11.8. The summed E-state index contributed by atoms with van der Waals surface area (Å²) in [4.78, 5) is 30.2. The van der Waals surface area contributed by atoms with E-state index < -0.39 is 38.3 Å². The van der Waals surface area contributed by atoms with Gasteiger partial charge in [0.2, 0.25) is 6.33 Å². The number of aromatic carboxylic acids is 1. The Morgan fingerprint density at radius 1 is 1.32 bits per heavy atom. The molecule has 0 spiro atoms. The van der Waals surface area contributed by atoms with Crippen LogP contribution in [0.4, 0.5) is 15.1 Å². The first-order chi connectivity index (χ1) is 16.0. The van der Waals surface area contributed by atoms with Crippen LogP contribution in [0.15, 0.2) is 52.3 Å². The van der Waals surface area contributed by atoms with Crippen molar-refractivity contribution in [1.82, 2.24) is 9.55 Å². The third-order valence-corrected chi connectivity index (χ3v) is 6.46. The fourth-order valence-electron chi connectivity index (χ4n) is 2.72. The Labute approximate surface area is 196 Å². The zero-order valence-electron chi connectivity index (χ0n) is 17.3. The van der Waals surface area contributed by atoms with Crippen LogP contribution < -0.4 is 31.2 Å². The number of carboxylic acids is 1. The Morgan fingerprint density at radius 2 is 2.09 bits per heavy atom. The quantitative estimate of drug-likeness (QED) is 0.142. The van der Waals surface area contributed by atoms with Crippen LogP contribution in [0.1, 0.15) is 10.5 Å². The Morgan fingerprint density at radius 3 is 2.76 bits per heavy atom. The molecule has 3 rings (SSSR count). The number of amides is 1. The van der Waals surface area contributed by atoms with Gasteiger partial charge >= 0.3 is 0 Å². The number of nitrogens with zero attached hydrogens (tertiary/aromatic N) is 4. The topological polar surface area (TPSA) is 202 Å². The number of nitrogens with two attached hydrogens (primary N) is 2. The normalized spacial score (nSPS) is 11.1. The highest BCUT2D eigenvalue weighted by atomic mass is 32.2. The van der Waals surface area contributed by atoms with E-state index in [1.165, 1.54) is 0 Å². The molecule has 13 nitrogen and oxygen atoms in total. The number of thiazole rings is 1. The van der Waals surface area contributed by atoms with Crippen LogP contribution in [0.25, 0.3) is 0 Å². The molecule has 2 heterocycles. The average Bonchev–Trinajstić information content (AvgIpc) is 3.38. The van der Waals surface area contributed by atoms with Crippen LogP contribution >= 0.6 is 11.3 Å². The van der Waals surface area contributed by atoms with Gasteiger partial charge in [-0.1, -0.05) is 0 Å². The Balaban J connectivity index is 1.64. The van der Waals surface area contributed by atoms with Gasteiger partial charge in [0.05, 0.1) is 28.6 Å². The highest BCUT2D eigenvalue weighted by molar-refractivity contribution is 7.93. The molecule has 0 fully saturated rings. The Kier molecular flexibility index (Phi) is 7.42. The van der Waals surface area contributed by atoms with Gasteiger partial charge in [0.25, 0.3) is 15.9 Å². The summed E-state index contributed by atoms with van der Waals surface area (Å²) in [7, 11) is -4.32. The zero-order valence-corrected chi connectivity index (χ0v) is 19.0. The highest BCUT2D eigenvalue weighted by Gasteiger charge is 2.20. The lowest BCUT2D eigenvalue weighted by atomic mass is 10.3. The second kappa shape index (κ2) is 10.3. The minimum Gasteiger partial charge on any atom is -0.543 e. The first kappa shape index (κ1) is 24.6. The molecule has 0 bridgehead atoms. The zero-order chi connectivity index (χ0) is 24.9. The Hall–Kier alpha value is -4.05. The molecular weight excluding hydrogens is 491 g/mol. The monoisotopic (exact) mass is 510 g/mol. The van der Waals surface area contributed by atoms with Crippen molar-refractivity contribution < 1.29 is 32.1 Å². The maximum atomic E-state index is 14.5. The summed E-state index contributed by atoms with van der Waals surface area (Å²) in [6.07, 6.45) is 4.98. The van der Waals surface area contributed by atoms with Crippen molar-refractivity contribution in [2.24, 2.45) is 16.5 Å². The maximum Gasteiger partial charge on any atom is 0.266 e. The molecule has 0 aliphatic carbocycles. The first-order valence-electron chi connectivity index (χ1n) is 9.42. The molecule has 16 heteroatoms. The number of carbonyl (C=O) groups is 2. The predicted molar refractivity (Wildman–Crippen MR) is 118 cm³/mol. The van der Waals surface area contributed by atoms with E-state index in [2.05, 4.69) is 15.3 Å². The van der Waals surface area contributed by atoms with Gasteiger partial charge in [-0.3, -0.25) is 9.52 Å². The number of hydrogen-bond acceptors (Lipinski definition) is 8. The summed E-state index contributed by atoms with van der Waals surface area (Å²) >= 11 is 0.729. The number of guanidine groups is 1. The fraction of sp³-hybridized carbons (Fsp3) is 0.167. The molecule has 0 saturated carbocycles. The van der Waals surface area contributed by atoms with Gasteiger partial charge in [0.15, 0.2) is 12.5 Å². The molecule has 0 aliphatic heterocycles. The van der Waals surface area contributed by atoms with E-state index >= 15 is 0 Å². The molecule has 0 radical (unpaired) electrons. The van der Waals surface area contributed by atoms with E-state index in [9.17, 15) is 27.5 Å². The summed E-state index contributed by atoms with van der Waals surface area (Å²) in [6.45, 7) is 0.709. The smallest absolute Gasteiger partial charge is 0.266 e. The molecule has 1 aromatic carbocycles. The maximum absolute atomic E-state index is 14.5. The van der Waals surface area contributed by atoms with Crippen LogP contribution in [-0.2, 0) is 27.9 Å². The molecule has 0 saturated heterocycles. The lowest BCUT2D eigenvalue weighted by Gasteiger charge is -2.10. The van der Waals surface area contributed by atoms with E-state index in [4.69, 9.17) is 11.5 Å². The minimum atomic E-state index is -4.32. The molecule has 3 aromatic rings. The van der Waals surface area contributed by atoms with E-state index in [-0.39, 0.29) is 23.2 Å². The number of carbonyl (C=O) groups excluding carboxylic acids is 2. The molecule has 0 aliphatic rings. The van der Waals surface area contributed by atoms with Gasteiger partial charge in [-0.2, -0.15) is 0 Å². The van der Waals surface area contributed by atoms with E-state index in [1.54, 1.807) is 27.9 Å². The SMILES string of the molecule is NC(N)=NCCn1cc[n+](CC(=O)Nc2ccc(S(=O)(=O)Nc3scnc3C(=O)[O-])cc2F)c1. The number of hydrogen-bond donors (Lipinski definition) is 4. The van der Waals surface area contributed by atoms with Crippen LogP contribution in [0.5, 0.6) is 0 Å². The largest absolute Gasteiger partial charge is 0.543 e. The van der Waals surface area contributed by atoms with E-state index in [0.29, 0.717) is 19.2 Å². The van der Waals surface area contributed by atoms with Crippen molar-refractivity contribution in [3.63, 3.8) is 0 Å². The fourth-order valence-corrected chi connectivity index (χ4v) is 4.72. The number of carboxylic acid groups (broad SMARTS) is 1. The number of aromatic nitrogens is 3. The molecule has 1 amide bonds. The van der Waals surface area contributed by atoms with Gasteiger partial charge in [-0.15, -0.1) is 11.3 Å². The van der Waals surface area contributed by atoms with Crippen molar-refractivity contribution in [2.75, 3.05) is 16.6 Å². The summed E-state index contributed by atoms with van der Waals surface area (Å²) in [5.74, 6) is -3.24. The van der Waals surface area contributed by atoms with Gasteiger partial charge in [0, 0.05) is 0 Å². The van der Waals surface area contributed by atoms with E-state index in [1.807, 2.05) is 4.72 Å². The van der Waals surface area contributed by atoms with Crippen LogP contribution in [0.2, 0.25) is 0 Å². The highest BCUT2D eigenvalue weighted by Crippen LogP contribution is 2.25. The van der Waals surface area contributed by atoms with E-state index in [0.717, 1.165) is 29.0 Å². The molecule has 34 heavy (non-hydrogen) atoms. The number of imidazole rings is 1. The van der Waals surface area contributed by atoms with Crippen molar-refractivity contribution in [1.29, 1.82) is 0 Å². The molecule has 2 aromatic heterocycles. The number of halogens is 1. The minimum absolute atomic E-state index is 0.0260.